The molecule has 3 atom stereocenters. The smallest absolute Gasteiger partial charge is 0.130 e. The molecule has 0 bridgehead atoms. The summed E-state index contributed by atoms with van der Waals surface area (Å²) < 4.78 is 12.9. The van der Waals surface area contributed by atoms with E-state index in [1.54, 1.807) is 0 Å². The largest absolute Gasteiger partial charge is 0.497 e. The van der Waals surface area contributed by atoms with Gasteiger partial charge >= 0.3 is 0 Å². The van der Waals surface area contributed by atoms with Gasteiger partial charge in [0.2, 0.25) is 0 Å². The van der Waals surface area contributed by atoms with Crippen LogP contribution in [0.25, 0.3) is 0 Å². The van der Waals surface area contributed by atoms with E-state index in [4.69, 9.17) is 17.3 Å². The van der Waals surface area contributed by atoms with Crippen molar-refractivity contribution in [3.8, 4) is 11.5 Å². The van der Waals surface area contributed by atoms with Crippen LogP contribution >= 0.6 is 0 Å². The molecule has 0 spiro atoms. The number of hydrogen-bond acceptors (Lipinski definition) is 2. The highest BCUT2D eigenvalue weighted by Crippen LogP contribution is 2.45. The van der Waals surface area contributed by atoms with Crippen LogP contribution in [-0.2, 0) is 6.42 Å². The Kier molecular flexibility index (Phi) is 11.1. The molecule has 1 heterocycles. The molecule has 0 aromatic heterocycles. The van der Waals surface area contributed by atoms with Crippen molar-refractivity contribution >= 4 is 7.85 Å². The molecule has 3 unspecified atom stereocenters. The minimum absolute atomic E-state index is 0.0726. The Morgan fingerprint density at radius 3 is 1.94 bits per heavy atom. The molecule has 35 heavy (non-hydrogen) atoms. The number of hydrogen-bond donors (Lipinski definition) is 0. The van der Waals surface area contributed by atoms with Crippen molar-refractivity contribution in [1.29, 1.82) is 0 Å². The van der Waals surface area contributed by atoms with E-state index in [0.717, 1.165) is 54.1 Å². The maximum atomic E-state index is 6.76. The third-order valence-corrected chi connectivity index (χ3v) is 8.20. The molecule has 0 saturated carbocycles. The highest BCUT2D eigenvalue weighted by Gasteiger charge is 2.35. The van der Waals surface area contributed by atoms with Gasteiger partial charge in [-0.15, -0.1) is 0 Å². The Morgan fingerprint density at radius 1 is 0.857 bits per heavy atom. The highest BCUT2D eigenvalue weighted by molar-refractivity contribution is 6.14. The lowest BCUT2D eigenvalue weighted by atomic mass is 9.83. The predicted molar refractivity (Wildman–Crippen MR) is 153 cm³/mol. The van der Waals surface area contributed by atoms with Crippen LogP contribution in [0.3, 0.4) is 0 Å². The van der Waals surface area contributed by atoms with Gasteiger partial charge in [-0.3, -0.25) is 0 Å². The molecule has 0 fully saturated rings. The van der Waals surface area contributed by atoms with Crippen molar-refractivity contribution < 1.29 is 9.47 Å². The van der Waals surface area contributed by atoms with Crippen LogP contribution in [0.4, 0.5) is 0 Å². The van der Waals surface area contributed by atoms with Gasteiger partial charge in [-0.2, -0.15) is 0 Å². The lowest BCUT2D eigenvalue weighted by Crippen LogP contribution is -2.37. The van der Waals surface area contributed by atoms with Gasteiger partial charge in [0.1, 0.15) is 24.9 Å². The summed E-state index contributed by atoms with van der Waals surface area (Å²) in [4.78, 5) is 0. The van der Waals surface area contributed by atoms with E-state index in [1.165, 1.54) is 68.1 Å². The van der Waals surface area contributed by atoms with Crippen molar-refractivity contribution in [3.63, 3.8) is 0 Å². The molecule has 198 valence electrons. The fraction of sp³-hybridized carbons (Fsp3) is 0.812. The van der Waals surface area contributed by atoms with Gasteiger partial charge in [-0.1, -0.05) is 72.6 Å². The van der Waals surface area contributed by atoms with Gasteiger partial charge in [0.25, 0.3) is 0 Å². The SMILES string of the molecule is [B]C(C)(C)Oc1c(C)c(C)c2c(c1C)CCC(C)(CCCC(C)CCCC(C)CCCC(C)C)O2. The third kappa shape index (κ3) is 9.36. The number of benzene rings is 1. The van der Waals surface area contributed by atoms with Crippen LogP contribution in [0.15, 0.2) is 0 Å². The number of fused-ring (bicyclic) bond motifs is 1. The zero-order valence-corrected chi connectivity index (χ0v) is 24.9. The molecule has 1 aliphatic rings. The lowest BCUT2D eigenvalue weighted by molar-refractivity contribution is 0.0509. The maximum Gasteiger partial charge on any atom is 0.130 e. The second kappa shape index (κ2) is 12.9. The minimum Gasteiger partial charge on any atom is -0.497 e. The summed E-state index contributed by atoms with van der Waals surface area (Å²) in [5.41, 5.74) is 4.08. The van der Waals surface area contributed by atoms with Crippen LogP contribution in [-0.4, -0.2) is 18.9 Å². The first kappa shape index (κ1) is 30.1. The zero-order valence-electron chi connectivity index (χ0n) is 24.9. The van der Waals surface area contributed by atoms with Crippen LogP contribution in [0.2, 0.25) is 0 Å². The van der Waals surface area contributed by atoms with Crippen LogP contribution in [0, 0.1) is 38.5 Å². The molecule has 3 heteroatoms. The normalized spacial score (nSPS) is 19.9. The first-order valence-electron chi connectivity index (χ1n) is 14.5. The summed E-state index contributed by atoms with van der Waals surface area (Å²) in [6, 6.07) is 0. The summed E-state index contributed by atoms with van der Waals surface area (Å²) in [6.07, 6.45) is 14.1. The Morgan fingerprint density at radius 2 is 1.40 bits per heavy atom. The van der Waals surface area contributed by atoms with Gasteiger partial charge < -0.3 is 9.47 Å². The van der Waals surface area contributed by atoms with Crippen molar-refractivity contribution in [2.45, 2.75) is 151 Å². The molecule has 0 aliphatic carbocycles. The summed E-state index contributed by atoms with van der Waals surface area (Å²) in [5, 5.41) is 0. The van der Waals surface area contributed by atoms with Crippen LogP contribution < -0.4 is 9.47 Å². The summed E-state index contributed by atoms with van der Waals surface area (Å²) in [7, 11) is 6.17. The van der Waals surface area contributed by atoms with E-state index >= 15 is 0 Å². The van der Waals surface area contributed by atoms with E-state index in [9.17, 15) is 0 Å². The monoisotopic (exact) mass is 482 g/mol. The van der Waals surface area contributed by atoms with Gasteiger partial charge in [-0.25, -0.2) is 0 Å². The van der Waals surface area contributed by atoms with Crippen molar-refractivity contribution in [3.05, 3.63) is 22.3 Å². The third-order valence-electron chi connectivity index (χ3n) is 8.20. The lowest BCUT2D eigenvalue weighted by Gasteiger charge is -2.39. The van der Waals surface area contributed by atoms with Crippen molar-refractivity contribution in [1.82, 2.24) is 0 Å². The Labute approximate surface area is 219 Å². The van der Waals surface area contributed by atoms with Gasteiger partial charge in [0.15, 0.2) is 0 Å². The van der Waals surface area contributed by atoms with Gasteiger partial charge in [0.05, 0.1) is 5.50 Å². The Balaban J connectivity index is 1.85. The van der Waals surface area contributed by atoms with E-state index in [0.29, 0.717) is 0 Å². The first-order valence-corrected chi connectivity index (χ1v) is 14.5. The van der Waals surface area contributed by atoms with E-state index in [2.05, 4.69) is 55.4 Å². The van der Waals surface area contributed by atoms with Gasteiger partial charge in [0, 0.05) is 5.56 Å². The predicted octanol–water partition coefficient (Wildman–Crippen LogP) is 9.42. The zero-order chi connectivity index (χ0) is 26.4. The molecule has 0 N–H and O–H groups in total. The Hall–Kier alpha value is -1.12. The molecule has 2 nitrogen and oxygen atoms in total. The van der Waals surface area contributed by atoms with Crippen molar-refractivity contribution in [2.24, 2.45) is 17.8 Å². The molecular formula is C32H55BO2. The molecule has 0 saturated heterocycles. The average molecular weight is 483 g/mol. The molecule has 1 aromatic rings. The molecule has 0 amide bonds. The Bertz CT molecular complexity index is 807. The highest BCUT2D eigenvalue weighted by atomic mass is 16.5. The minimum atomic E-state index is -0.692. The van der Waals surface area contributed by atoms with Crippen LogP contribution in [0.5, 0.6) is 11.5 Å². The van der Waals surface area contributed by atoms with E-state index in [-0.39, 0.29) is 5.60 Å². The molecule has 1 aliphatic heterocycles. The summed E-state index contributed by atoms with van der Waals surface area (Å²) >= 11 is 0. The molecular weight excluding hydrogens is 427 g/mol. The summed E-state index contributed by atoms with van der Waals surface area (Å²) in [5.74, 6) is 4.56. The molecule has 1 aromatic carbocycles. The van der Waals surface area contributed by atoms with Crippen molar-refractivity contribution in [2.75, 3.05) is 0 Å². The second-order valence-electron chi connectivity index (χ2n) is 13.1. The summed E-state index contributed by atoms with van der Waals surface area (Å²) in [6.45, 7) is 22.1. The fourth-order valence-electron chi connectivity index (χ4n) is 5.68. The van der Waals surface area contributed by atoms with Crippen LogP contribution in [0.1, 0.15) is 135 Å². The first-order chi connectivity index (χ1) is 16.2. The second-order valence-corrected chi connectivity index (χ2v) is 13.1. The number of rotatable bonds is 14. The van der Waals surface area contributed by atoms with Gasteiger partial charge in [-0.05, 0) is 102 Å². The molecule has 2 radical (unpaired) electrons. The average Bonchev–Trinajstić information content (AvgIpc) is 2.74. The topological polar surface area (TPSA) is 18.5 Å². The standard InChI is InChI=1S/C32H55BO2/c1-22(2)14-11-15-23(3)16-12-17-24(4)18-13-20-32(10)21-19-28-27(7)29(34-31(8,9)33)25(5)26(6)30(28)35-32/h22-24H,11-21H2,1-10H3. The quantitative estimate of drug-likeness (QED) is 0.246. The van der Waals surface area contributed by atoms with E-state index < -0.39 is 5.50 Å². The fourth-order valence-corrected chi connectivity index (χ4v) is 5.68. The number of ether oxygens (including phenoxy) is 2. The van der Waals surface area contributed by atoms with E-state index in [1.807, 2.05) is 13.8 Å². The molecule has 2 rings (SSSR count). The maximum absolute atomic E-state index is 6.76.